The molecule has 1 aliphatic heterocycles. The fourth-order valence-corrected chi connectivity index (χ4v) is 1.09. The first-order valence-electron chi connectivity index (χ1n) is 4.05. The molecule has 1 aromatic rings. The summed E-state index contributed by atoms with van der Waals surface area (Å²) in [5, 5.41) is 0. The number of fused-ring (bicyclic) bond motifs is 1. The molecule has 0 bridgehead atoms. The van der Waals surface area contributed by atoms with E-state index in [0.29, 0.717) is 6.61 Å². The Morgan fingerprint density at radius 1 is 1.31 bits per heavy atom. The SMILES string of the molecule is C=CCOC1Oc2ccccc2O1. The smallest absolute Gasteiger partial charge is 0.361 e. The van der Waals surface area contributed by atoms with Crippen molar-refractivity contribution in [1.29, 1.82) is 0 Å². The van der Waals surface area contributed by atoms with E-state index in [0.717, 1.165) is 11.5 Å². The minimum Gasteiger partial charge on any atom is -0.428 e. The summed E-state index contributed by atoms with van der Waals surface area (Å²) < 4.78 is 15.8. The van der Waals surface area contributed by atoms with E-state index in [1.807, 2.05) is 24.3 Å². The van der Waals surface area contributed by atoms with Crippen LogP contribution in [0.25, 0.3) is 0 Å². The van der Waals surface area contributed by atoms with Crippen LogP contribution in [0.1, 0.15) is 0 Å². The molecule has 3 nitrogen and oxygen atoms in total. The van der Waals surface area contributed by atoms with Crippen LogP contribution in [0.15, 0.2) is 36.9 Å². The zero-order valence-electron chi connectivity index (χ0n) is 7.10. The maximum Gasteiger partial charge on any atom is 0.361 e. The van der Waals surface area contributed by atoms with E-state index < -0.39 is 6.48 Å². The van der Waals surface area contributed by atoms with E-state index in [2.05, 4.69) is 6.58 Å². The third-order valence-electron chi connectivity index (χ3n) is 1.65. The highest BCUT2D eigenvalue weighted by atomic mass is 16.9. The lowest BCUT2D eigenvalue weighted by Crippen LogP contribution is -2.21. The average Bonchev–Trinajstić information content (AvgIpc) is 2.57. The van der Waals surface area contributed by atoms with Gasteiger partial charge in [-0.1, -0.05) is 18.2 Å². The second kappa shape index (κ2) is 3.49. The zero-order chi connectivity index (χ0) is 9.10. The van der Waals surface area contributed by atoms with E-state index in [9.17, 15) is 0 Å². The first-order chi connectivity index (χ1) is 6.40. The Bertz CT molecular complexity index is 284. The van der Waals surface area contributed by atoms with Crippen molar-refractivity contribution in [2.24, 2.45) is 0 Å². The van der Waals surface area contributed by atoms with Crippen molar-refractivity contribution in [2.75, 3.05) is 6.61 Å². The van der Waals surface area contributed by atoms with Crippen molar-refractivity contribution in [3.63, 3.8) is 0 Å². The molecular weight excluding hydrogens is 168 g/mol. The van der Waals surface area contributed by atoms with Crippen molar-refractivity contribution >= 4 is 0 Å². The van der Waals surface area contributed by atoms with Crippen LogP contribution < -0.4 is 9.47 Å². The quantitative estimate of drug-likeness (QED) is 0.662. The molecule has 1 aromatic carbocycles. The number of hydrogen-bond donors (Lipinski definition) is 0. The molecule has 0 radical (unpaired) electrons. The molecule has 0 amide bonds. The molecule has 0 saturated heterocycles. The minimum atomic E-state index is -0.629. The van der Waals surface area contributed by atoms with E-state index in [4.69, 9.17) is 14.2 Å². The first-order valence-corrected chi connectivity index (χ1v) is 4.05. The summed E-state index contributed by atoms with van der Waals surface area (Å²) in [6.45, 7) is 3.32. The molecule has 68 valence electrons. The molecular formula is C10H10O3. The molecule has 0 spiro atoms. The van der Waals surface area contributed by atoms with Crippen molar-refractivity contribution < 1.29 is 14.2 Å². The molecule has 13 heavy (non-hydrogen) atoms. The monoisotopic (exact) mass is 178 g/mol. The Morgan fingerprint density at radius 2 is 1.92 bits per heavy atom. The van der Waals surface area contributed by atoms with Gasteiger partial charge in [-0.15, -0.1) is 6.58 Å². The second-order valence-corrected chi connectivity index (χ2v) is 2.59. The molecule has 0 N–H and O–H groups in total. The standard InChI is InChI=1S/C10H10O3/c1-2-7-11-10-12-8-5-3-4-6-9(8)13-10/h2-6,10H,1,7H2. The summed E-state index contributed by atoms with van der Waals surface area (Å²) in [5.74, 6) is 1.44. The number of ether oxygens (including phenoxy) is 3. The zero-order valence-corrected chi connectivity index (χ0v) is 7.10. The third-order valence-corrected chi connectivity index (χ3v) is 1.65. The fourth-order valence-electron chi connectivity index (χ4n) is 1.09. The summed E-state index contributed by atoms with van der Waals surface area (Å²) >= 11 is 0. The minimum absolute atomic E-state index is 0.415. The largest absolute Gasteiger partial charge is 0.428 e. The molecule has 2 rings (SSSR count). The van der Waals surface area contributed by atoms with Crippen LogP contribution in [0.4, 0.5) is 0 Å². The molecule has 0 aliphatic carbocycles. The predicted molar refractivity (Wildman–Crippen MR) is 47.6 cm³/mol. The lowest BCUT2D eigenvalue weighted by Gasteiger charge is -2.08. The Labute approximate surface area is 76.5 Å². The van der Waals surface area contributed by atoms with Gasteiger partial charge < -0.3 is 14.2 Å². The van der Waals surface area contributed by atoms with Gasteiger partial charge in [-0.05, 0) is 12.1 Å². The number of para-hydroxylation sites is 2. The van der Waals surface area contributed by atoms with Gasteiger partial charge in [0.25, 0.3) is 0 Å². The van der Waals surface area contributed by atoms with Crippen LogP contribution in [0.2, 0.25) is 0 Å². The summed E-state index contributed by atoms with van der Waals surface area (Å²) in [6, 6.07) is 7.45. The summed E-state index contributed by atoms with van der Waals surface area (Å²) in [7, 11) is 0. The Morgan fingerprint density at radius 3 is 2.46 bits per heavy atom. The van der Waals surface area contributed by atoms with Gasteiger partial charge in [0.15, 0.2) is 11.5 Å². The normalized spacial score (nSPS) is 14.5. The molecule has 3 heteroatoms. The third kappa shape index (κ3) is 1.65. The Balaban J connectivity index is 2.01. The number of rotatable bonds is 3. The van der Waals surface area contributed by atoms with Crippen LogP contribution >= 0.6 is 0 Å². The second-order valence-electron chi connectivity index (χ2n) is 2.59. The van der Waals surface area contributed by atoms with Crippen molar-refractivity contribution in [1.82, 2.24) is 0 Å². The topological polar surface area (TPSA) is 27.7 Å². The summed E-state index contributed by atoms with van der Waals surface area (Å²) in [6.07, 6.45) is 1.65. The molecule has 0 saturated carbocycles. The van der Waals surface area contributed by atoms with Crippen molar-refractivity contribution in [3.8, 4) is 11.5 Å². The molecule has 0 atom stereocenters. The number of hydrogen-bond acceptors (Lipinski definition) is 3. The molecule has 0 unspecified atom stereocenters. The summed E-state index contributed by atoms with van der Waals surface area (Å²) in [4.78, 5) is 0. The van der Waals surface area contributed by atoms with Crippen LogP contribution in [0.3, 0.4) is 0 Å². The van der Waals surface area contributed by atoms with Gasteiger partial charge in [0.1, 0.15) is 0 Å². The maximum atomic E-state index is 5.32. The highest BCUT2D eigenvalue weighted by Gasteiger charge is 2.23. The molecule has 1 heterocycles. The maximum absolute atomic E-state index is 5.32. The van der Waals surface area contributed by atoms with Gasteiger partial charge in [0.05, 0.1) is 6.61 Å². The van der Waals surface area contributed by atoms with Gasteiger partial charge in [-0.2, -0.15) is 0 Å². The van der Waals surface area contributed by atoms with Crippen LogP contribution in [-0.2, 0) is 4.74 Å². The lowest BCUT2D eigenvalue weighted by molar-refractivity contribution is -0.169. The van der Waals surface area contributed by atoms with E-state index in [1.54, 1.807) is 6.08 Å². The molecule has 1 aliphatic rings. The van der Waals surface area contributed by atoms with Crippen LogP contribution in [0.5, 0.6) is 11.5 Å². The average molecular weight is 178 g/mol. The van der Waals surface area contributed by atoms with E-state index in [-0.39, 0.29) is 0 Å². The predicted octanol–water partition coefficient (Wildman–Crippen LogP) is 1.94. The van der Waals surface area contributed by atoms with Gasteiger partial charge in [-0.3, -0.25) is 0 Å². The van der Waals surface area contributed by atoms with Gasteiger partial charge in [-0.25, -0.2) is 0 Å². The fraction of sp³-hybridized carbons (Fsp3) is 0.200. The highest BCUT2D eigenvalue weighted by Crippen LogP contribution is 2.33. The number of benzene rings is 1. The Kier molecular flexibility index (Phi) is 2.19. The van der Waals surface area contributed by atoms with Crippen molar-refractivity contribution in [3.05, 3.63) is 36.9 Å². The van der Waals surface area contributed by atoms with E-state index >= 15 is 0 Å². The molecule has 0 fully saturated rings. The van der Waals surface area contributed by atoms with Crippen LogP contribution in [-0.4, -0.2) is 13.1 Å². The van der Waals surface area contributed by atoms with Gasteiger partial charge in [0, 0.05) is 0 Å². The molecule has 0 aromatic heterocycles. The van der Waals surface area contributed by atoms with Crippen LogP contribution in [0, 0.1) is 0 Å². The lowest BCUT2D eigenvalue weighted by atomic mass is 10.3. The highest BCUT2D eigenvalue weighted by molar-refractivity contribution is 5.41. The van der Waals surface area contributed by atoms with Crippen molar-refractivity contribution in [2.45, 2.75) is 6.48 Å². The first kappa shape index (κ1) is 8.13. The van der Waals surface area contributed by atoms with Gasteiger partial charge in [0.2, 0.25) is 0 Å². The van der Waals surface area contributed by atoms with E-state index in [1.165, 1.54) is 0 Å². The Hall–Kier alpha value is -1.48. The van der Waals surface area contributed by atoms with Gasteiger partial charge >= 0.3 is 6.48 Å². The summed E-state index contributed by atoms with van der Waals surface area (Å²) in [5.41, 5.74) is 0.